The number of benzene rings is 2. The maximum Gasteiger partial charge on any atom is 0.261 e. The Balaban J connectivity index is 1.72. The molecule has 0 aliphatic carbocycles. The standard InChI is InChI=1S/C19H15BrClN3O3S/c1-12-2-8-16(9-3-12)28(26,27)24-15-6-4-14(5-7-15)23-19(25)17-10-13(20)11-22-18(17)21/h2-11,24H,1H3,(H,23,25). The maximum absolute atomic E-state index is 12.4. The van der Waals surface area contributed by atoms with Crippen LogP contribution in [0.25, 0.3) is 0 Å². The molecule has 2 aromatic carbocycles. The van der Waals surface area contributed by atoms with Crippen LogP contribution in [0.2, 0.25) is 5.15 Å². The SMILES string of the molecule is Cc1ccc(S(=O)(=O)Nc2ccc(NC(=O)c3cc(Br)cnc3Cl)cc2)cc1. The van der Waals surface area contributed by atoms with Gasteiger partial charge in [-0.05, 0) is 65.3 Å². The molecule has 0 unspecified atom stereocenters. The molecular formula is C19H15BrClN3O3S. The topological polar surface area (TPSA) is 88.2 Å². The number of nitrogens with zero attached hydrogens (tertiary/aromatic N) is 1. The van der Waals surface area contributed by atoms with Crippen LogP contribution in [0.1, 0.15) is 15.9 Å². The molecule has 2 N–H and O–H groups in total. The Hall–Kier alpha value is -2.42. The molecule has 0 aliphatic heterocycles. The zero-order valence-electron chi connectivity index (χ0n) is 14.6. The van der Waals surface area contributed by atoms with Crippen molar-refractivity contribution in [1.29, 1.82) is 0 Å². The van der Waals surface area contributed by atoms with E-state index in [-0.39, 0.29) is 15.6 Å². The van der Waals surface area contributed by atoms with Gasteiger partial charge in [-0.15, -0.1) is 0 Å². The van der Waals surface area contributed by atoms with Gasteiger partial charge in [0.2, 0.25) is 0 Å². The number of pyridine rings is 1. The van der Waals surface area contributed by atoms with Gasteiger partial charge in [-0.3, -0.25) is 9.52 Å². The highest BCUT2D eigenvalue weighted by atomic mass is 79.9. The van der Waals surface area contributed by atoms with Gasteiger partial charge in [0.15, 0.2) is 0 Å². The molecule has 1 heterocycles. The Morgan fingerprint density at radius 2 is 1.64 bits per heavy atom. The van der Waals surface area contributed by atoms with Gasteiger partial charge in [0.05, 0.1) is 10.5 Å². The van der Waals surface area contributed by atoms with Gasteiger partial charge < -0.3 is 5.32 Å². The lowest BCUT2D eigenvalue weighted by Gasteiger charge is -2.10. The van der Waals surface area contributed by atoms with Crippen molar-refractivity contribution in [1.82, 2.24) is 4.98 Å². The summed E-state index contributed by atoms with van der Waals surface area (Å²) < 4.78 is 28.0. The Kier molecular flexibility index (Phi) is 6.02. The third-order valence-corrected chi connectivity index (χ3v) is 5.91. The largest absolute Gasteiger partial charge is 0.322 e. The maximum atomic E-state index is 12.4. The second kappa shape index (κ2) is 8.30. The minimum absolute atomic E-state index is 0.0863. The van der Waals surface area contributed by atoms with Crippen molar-refractivity contribution < 1.29 is 13.2 Å². The van der Waals surface area contributed by atoms with Crippen LogP contribution < -0.4 is 10.0 Å². The summed E-state index contributed by atoms with van der Waals surface area (Å²) in [5.74, 6) is -0.424. The van der Waals surface area contributed by atoms with Crippen molar-refractivity contribution in [2.75, 3.05) is 10.0 Å². The lowest BCUT2D eigenvalue weighted by atomic mass is 10.2. The molecule has 3 rings (SSSR count). The lowest BCUT2D eigenvalue weighted by molar-refractivity contribution is 0.102. The van der Waals surface area contributed by atoms with Crippen LogP contribution in [0, 0.1) is 6.92 Å². The summed E-state index contributed by atoms with van der Waals surface area (Å²) >= 11 is 9.20. The molecule has 6 nitrogen and oxygen atoms in total. The number of anilines is 2. The number of aromatic nitrogens is 1. The number of sulfonamides is 1. The monoisotopic (exact) mass is 479 g/mol. The van der Waals surface area contributed by atoms with Crippen molar-refractivity contribution >= 4 is 54.8 Å². The van der Waals surface area contributed by atoms with E-state index < -0.39 is 15.9 Å². The van der Waals surface area contributed by atoms with Crippen LogP contribution in [0.15, 0.2) is 70.2 Å². The number of hydrogen-bond donors (Lipinski definition) is 2. The molecule has 0 saturated carbocycles. The molecule has 28 heavy (non-hydrogen) atoms. The fraction of sp³-hybridized carbons (Fsp3) is 0.0526. The summed E-state index contributed by atoms with van der Waals surface area (Å²) in [5, 5.41) is 2.78. The van der Waals surface area contributed by atoms with Gasteiger partial charge in [0.1, 0.15) is 5.15 Å². The van der Waals surface area contributed by atoms with E-state index in [0.29, 0.717) is 15.8 Å². The van der Waals surface area contributed by atoms with Gasteiger partial charge in [0, 0.05) is 22.0 Å². The first-order valence-corrected chi connectivity index (χ1v) is 10.7. The smallest absolute Gasteiger partial charge is 0.261 e. The predicted molar refractivity (Wildman–Crippen MR) is 113 cm³/mol. The zero-order valence-corrected chi connectivity index (χ0v) is 17.8. The first-order valence-electron chi connectivity index (χ1n) is 8.06. The summed E-state index contributed by atoms with van der Waals surface area (Å²) in [7, 11) is -3.69. The second-order valence-electron chi connectivity index (χ2n) is 5.94. The van der Waals surface area contributed by atoms with Crippen molar-refractivity contribution in [3.63, 3.8) is 0 Å². The van der Waals surface area contributed by atoms with E-state index in [4.69, 9.17) is 11.6 Å². The molecule has 0 spiro atoms. The molecule has 0 saturated heterocycles. The molecule has 1 aromatic heterocycles. The highest BCUT2D eigenvalue weighted by Gasteiger charge is 2.15. The third kappa shape index (κ3) is 4.89. The van der Waals surface area contributed by atoms with Gasteiger partial charge in [-0.1, -0.05) is 29.3 Å². The van der Waals surface area contributed by atoms with Gasteiger partial charge in [-0.2, -0.15) is 0 Å². The van der Waals surface area contributed by atoms with Crippen LogP contribution in [-0.2, 0) is 10.0 Å². The van der Waals surface area contributed by atoms with E-state index in [2.05, 4.69) is 31.0 Å². The first-order chi connectivity index (χ1) is 13.2. The number of aryl methyl sites for hydroxylation is 1. The minimum atomic E-state index is -3.69. The van der Waals surface area contributed by atoms with Crippen LogP contribution in [0.5, 0.6) is 0 Å². The van der Waals surface area contributed by atoms with Gasteiger partial charge >= 0.3 is 0 Å². The fourth-order valence-corrected chi connectivity index (χ4v) is 3.91. The highest BCUT2D eigenvalue weighted by molar-refractivity contribution is 9.10. The predicted octanol–water partition coefficient (Wildman–Crippen LogP) is 4.86. The average molecular weight is 481 g/mol. The van der Waals surface area contributed by atoms with Crippen molar-refractivity contribution in [3.8, 4) is 0 Å². The number of carbonyl (C=O) groups is 1. The molecule has 0 aliphatic rings. The van der Waals surface area contributed by atoms with E-state index in [0.717, 1.165) is 5.56 Å². The Morgan fingerprint density at radius 1 is 1.04 bits per heavy atom. The third-order valence-electron chi connectivity index (χ3n) is 3.78. The van der Waals surface area contributed by atoms with Crippen LogP contribution in [0.3, 0.4) is 0 Å². The van der Waals surface area contributed by atoms with Crippen molar-refractivity contribution in [2.45, 2.75) is 11.8 Å². The summed E-state index contributed by atoms with van der Waals surface area (Å²) in [6.45, 7) is 1.88. The molecule has 1 amide bonds. The van der Waals surface area contributed by atoms with Gasteiger partial charge in [-0.25, -0.2) is 13.4 Å². The molecule has 0 fully saturated rings. The van der Waals surface area contributed by atoms with E-state index >= 15 is 0 Å². The number of amides is 1. The van der Waals surface area contributed by atoms with Crippen LogP contribution in [0.4, 0.5) is 11.4 Å². The van der Waals surface area contributed by atoms with E-state index in [1.165, 1.54) is 6.20 Å². The first kappa shape index (κ1) is 20.3. The van der Waals surface area contributed by atoms with Crippen molar-refractivity contribution in [2.24, 2.45) is 0 Å². The van der Waals surface area contributed by atoms with Crippen LogP contribution in [-0.4, -0.2) is 19.3 Å². The number of hydrogen-bond acceptors (Lipinski definition) is 4. The van der Waals surface area contributed by atoms with Crippen LogP contribution >= 0.6 is 27.5 Å². The molecule has 0 atom stereocenters. The number of carbonyl (C=O) groups excluding carboxylic acids is 1. The Labute approximate surface area is 176 Å². The normalized spacial score (nSPS) is 11.1. The summed E-state index contributed by atoms with van der Waals surface area (Å²) in [6.07, 6.45) is 1.49. The molecular weight excluding hydrogens is 466 g/mol. The summed E-state index contributed by atoms with van der Waals surface area (Å²) in [5.41, 5.74) is 2.06. The van der Waals surface area contributed by atoms with Gasteiger partial charge in [0.25, 0.3) is 15.9 Å². The fourth-order valence-electron chi connectivity index (χ4n) is 2.33. The Morgan fingerprint density at radius 3 is 2.29 bits per heavy atom. The molecule has 3 aromatic rings. The Bertz CT molecular complexity index is 1120. The molecule has 0 radical (unpaired) electrons. The van der Waals surface area contributed by atoms with E-state index in [1.807, 2.05) is 6.92 Å². The summed E-state index contributed by atoms with van der Waals surface area (Å²) in [6, 6.07) is 14.4. The molecule has 9 heteroatoms. The lowest BCUT2D eigenvalue weighted by Crippen LogP contribution is -2.14. The number of rotatable bonds is 5. The van der Waals surface area contributed by atoms with Crippen molar-refractivity contribution in [3.05, 3.63) is 81.5 Å². The molecule has 144 valence electrons. The number of halogens is 2. The highest BCUT2D eigenvalue weighted by Crippen LogP contribution is 2.22. The average Bonchev–Trinajstić information content (AvgIpc) is 2.65. The van der Waals surface area contributed by atoms with E-state index in [9.17, 15) is 13.2 Å². The zero-order chi connectivity index (χ0) is 20.3. The number of nitrogens with one attached hydrogen (secondary N) is 2. The molecule has 0 bridgehead atoms. The van der Waals surface area contributed by atoms with E-state index in [1.54, 1.807) is 54.6 Å². The second-order valence-corrected chi connectivity index (χ2v) is 8.90. The summed E-state index contributed by atoms with van der Waals surface area (Å²) in [4.78, 5) is 16.4. The minimum Gasteiger partial charge on any atom is -0.322 e. The quantitative estimate of drug-likeness (QED) is 0.511.